The molecule has 16 heavy (non-hydrogen) atoms. The first-order valence-corrected chi connectivity index (χ1v) is 6.88. The minimum Gasteiger partial charge on any atom is -0.244 e. The van der Waals surface area contributed by atoms with Crippen molar-refractivity contribution in [2.45, 2.75) is 10.6 Å². The van der Waals surface area contributed by atoms with Crippen molar-refractivity contribution >= 4 is 39.3 Å². The highest BCUT2D eigenvalue weighted by Gasteiger charge is 1.97. The molecule has 0 spiro atoms. The monoisotopic (exact) mass is 313 g/mol. The first-order chi connectivity index (χ1) is 7.74. The molecule has 2 rings (SSSR count). The van der Waals surface area contributed by atoms with Crippen LogP contribution in [0.5, 0.6) is 0 Å². The van der Waals surface area contributed by atoms with Gasteiger partial charge in [0.05, 0.1) is 0 Å². The minimum absolute atomic E-state index is 0.539. The van der Waals surface area contributed by atoms with Crippen LogP contribution >= 0.6 is 39.3 Å². The summed E-state index contributed by atoms with van der Waals surface area (Å²) < 4.78 is 1.10. The molecule has 2 aromatic rings. The zero-order chi connectivity index (χ0) is 11.4. The highest BCUT2D eigenvalue weighted by atomic mass is 79.9. The van der Waals surface area contributed by atoms with Crippen LogP contribution in [-0.2, 0) is 5.75 Å². The third-order valence-electron chi connectivity index (χ3n) is 2.01. The molecule has 82 valence electrons. The van der Waals surface area contributed by atoms with Gasteiger partial charge in [-0.2, -0.15) is 0 Å². The number of rotatable bonds is 3. The van der Waals surface area contributed by atoms with E-state index in [0.29, 0.717) is 5.15 Å². The van der Waals surface area contributed by atoms with Gasteiger partial charge in [-0.1, -0.05) is 33.6 Å². The molecule has 0 bridgehead atoms. The Bertz CT molecular complexity index is 410. The lowest BCUT2D eigenvalue weighted by Gasteiger charge is -2.01. The van der Waals surface area contributed by atoms with Crippen LogP contribution in [0.4, 0.5) is 0 Å². The summed E-state index contributed by atoms with van der Waals surface area (Å²) in [4.78, 5) is 5.30. The molecular weight excluding hydrogens is 306 g/mol. The van der Waals surface area contributed by atoms with Gasteiger partial charge >= 0.3 is 0 Å². The highest BCUT2D eigenvalue weighted by Crippen LogP contribution is 2.24. The van der Waals surface area contributed by atoms with E-state index in [0.717, 1.165) is 10.2 Å². The van der Waals surface area contributed by atoms with Gasteiger partial charge in [0.2, 0.25) is 0 Å². The van der Waals surface area contributed by atoms with E-state index in [1.54, 1.807) is 11.8 Å². The topological polar surface area (TPSA) is 12.9 Å². The molecule has 0 unspecified atom stereocenters. The molecule has 1 heterocycles. The van der Waals surface area contributed by atoms with Gasteiger partial charge in [0.15, 0.2) is 0 Å². The maximum atomic E-state index is 5.72. The average Bonchev–Trinajstić information content (AvgIpc) is 2.30. The second kappa shape index (κ2) is 5.71. The fourth-order valence-electron chi connectivity index (χ4n) is 1.19. The van der Waals surface area contributed by atoms with Crippen molar-refractivity contribution in [1.82, 2.24) is 4.98 Å². The lowest BCUT2D eigenvalue weighted by Crippen LogP contribution is -1.82. The van der Waals surface area contributed by atoms with Crippen molar-refractivity contribution in [1.29, 1.82) is 0 Å². The van der Waals surface area contributed by atoms with Crippen LogP contribution in [0.2, 0.25) is 5.15 Å². The van der Waals surface area contributed by atoms with E-state index >= 15 is 0 Å². The van der Waals surface area contributed by atoms with Gasteiger partial charge in [-0.25, -0.2) is 4.98 Å². The Labute approximate surface area is 112 Å². The molecule has 1 aromatic heterocycles. The molecule has 0 aliphatic carbocycles. The standard InChI is InChI=1S/C12H9BrClNS/c13-10-2-4-11(5-3-10)16-8-9-1-6-12(14)15-7-9/h1-7H,8H2. The Morgan fingerprint density at radius 2 is 1.88 bits per heavy atom. The molecule has 0 saturated heterocycles. The third-order valence-corrected chi connectivity index (χ3v) is 3.84. The molecule has 1 aromatic carbocycles. The van der Waals surface area contributed by atoms with Crippen molar-refractivity contribution in [3.05, 3.63) is 57.8 Å². The molecule has 0 radical (unpaired) electrons. The van der Waals surface area contributed by atoms with Crippen molar-refractivity contribution in [2.24, 2.45) is 0 Å². The summed E-state index contributed by atoms with van der Waals surface area (Å²) >= 11 is 10.9. The second-order valence-corrected chi connectivity index (χ2v) is 5.58. The van der Waals surface area contributed by atoms with Crippen LogP contribution < -0.4 is 0 Å². The van der Waals surface area contributed by atoms with Crippen LogP contribution in [0.3, 0.4) is 0 Å². The molecule has 4 heteroatoms. The lowest BCUT2D eigenvalue weighted by atomic mass is 10.3. The van der Waals surface area contributed by atoms with E-state index in [1.165, 1.54) is 10.5 Å². The third kappa shape index (κ3) is 3.51. The molecule has 0 aliphatic rings. The molecular formula is C12H9BrClNS. The summed E-state index contributed by atoms with van der Waals surface area (Å²) in [5.74, 6) is 0.909. The van der Waals surface area contributed by atoms with E-state index in [4.69, 9.17) is 11.6 Å². The number of thioether (sulfide) groups is 1. The minimum atomic E-state index is 0.539. The zero-order valence-electron chi connectivity index (χ0n) is 8.36. The number of pyridine rings is 1. The molecule has 0 saturated carbocycles. The van der Waals surface area contributed by atoms with Gasteiger partial charge in [0.1, 0.15) is 5.15 Å². The Morgan fingerprint density at radius 1 is 1.12 bits per heavy atom. The quantitative estimate of drug-likeness (QED) is 0.597. The van der Waals surface area contributed by atoms with Crippen molar-refractivity contribution in [2.75, 3.05) is 0 Å². The summed E-state index contributed by atoms with van der Waals surface area (Å²) in [6.07, 6.45) is 1.81. The highest BCUT2D eigenvalue weighted by molar-refractivity contribution is 9.10. The number of hydrogen-bond acceptors (Lipinski definition) is 2. The van der Waals surface area contributed by atoms with Crippen LogP contribution in [0.25, 0.3) is 0 Å². The maximum Gasteiger partial charge on any atom is 0.129 e. The van der Waals surface area contributed by atoms with Gasteiger partial charge in [-0.3, -0.25) is 0 Å². The molecule has 0 N–H and O–H groups in total. The van der Waals surface area contributed by atoms with Gasteiger partial charge in [0.25, 0.3) is 0 Å². The van der Waals surface area contributed by atoms with E-state index in [9.17, 15) is 0 Å². The lowest BCUT2D eigenvalue weighted by molar-refractivity contribution is 1.25. The Kier molecular flexibility index (Phi) is 4.27. The zero-order valence-corrected chi connectivity index (χ0v) is 11.5. The summed E-state index contributed by atoms with van der Waals surface area (Å²) in [6, 6.07) is 12.1. The summed E-state index contributed by atoms with van der Waals surface area (Å²) in [7, 11) is 0. The van der Waals surface area contributed by atoms with E-state index < -0.39 is 0 Å². The summed E-state index contributed by atoms with van der Waals surface area (Å²) in [6.45, 7) is 0. The molecule has 0 atom stereocenters. The van der Waals surface area contributed by atoms with Gasteiger partial charge in [-0.15, -0.1) is 11.8 Å². The number of hydrogen-bond donors (Lipinski definition) is 0. The van der Waals surface area contributed by atoms with Crippen LogP contribution in [0.15, 0.2) is 52.0 Å². The van der Waals surface area contributed by atoms with Crippen LogP contribution in [-0.4, -0.2) is 4.98 Å². The number of nitrogens with zero attached hydrogens (tertiary/aromatic N) is 1. The number of halogens is 2. The maximum absolute atomic E-state index is 5.72. The fraction of sp³-hybridized carbons (Fsp3) is 0.0833. The van der Waals surface area contributed by atoms with E-state index in [2.05, 4.69) is 33.0 Å². The van der Waals surface area contributed by atoms with Crippen molar-refractivity contribution in [3.8, 4) is 0 Å². The first kappa shape index (κ1) is 12.0. The van der Waals surface area contributed by atoms with Gasteiger partial charge in [0, 0.05) is 21.3 Å². The van der Waals surface area contributed by atoms with E-state index in [1.807, 2.05) is 30.5 Å². The first-order valence-electron chi connectivity index (χ1n) is 4.73. The van der Waals surface area contributed by atoms with Crippen molar-refractivity contribution in [3.63, 3.8) is 0 Å². The molecule has 1 nitrogen and oxygen atoms in total. The number of benzene rings is 1. The molecule has 0 amide bonds. The predicted molar refractivity (Wildman–Crippen MR) is 73.0 cm³/mol. The van der Waals surface area contributed by atoms with Gasteiger partial charge in [-0.05, 0) is 35.9 Å². The van der Waals surface area contributed by atoms with E-state index in [-0.39, 0.29) is 0 Å². The largest absolute Gasteiger partial charge is 0.244 e. The molecule has 0 aliphatic heterocycles. The molecule has 0 fully saturated rings. The van der Waals surface area contributed by atoms with Crippen molar-refractivity contribution < 1.29 is 0 Å². The average molecular weight is 315 g/mol. The second-order valence-electron chi connectivity index (χ2n) is 3.23. The normalized spacial score (nSPS) is 10.4. The Balaban J connectivity index is 1.97. The summed E-state index contributed by atoms with van der Waals surface area (Å²) in [5, 5.41) is 0.539. The predicted octanol–water partition coefficient (Wildman–Crippen LogP) is 4.79. The van der Waals surface area contributed by atoms with Gasteiger partial charge < -0.3 is 0 Å². The Morgan fingerprint density at radius 3 is 2.50 bits per heavy atom. The SMILES string of the molecule is Clc1ccc(CSc2ccc(Br)cc2)cn1. The smallest absolute Gasteiger partial charge is 0.129 e. The van der Waals surface area contributed by atoms with Crippen LogP contribution in [0, 0.1) is 0 Å². The number of aromatic nitrogens is 1. The Hall–Kier alpha value is -0.510. The van der Waals surface area contributed by atoms with Crippen LogP contribution in [0.1, 0.15) is 5.56 Å². The fourth-order valence-corrected chi connectivity index (χ4v) is 2.40. The summed E-state index contributed by atoms with van der Waals surface area (Å²) in [5.41, 5.74) is 1.18.